The Labute approximate surface area is 305 Å². The van der Waals surface area contributed by atoms with Crippen LogP contribution in [0.4, 0.5) is 24.0 Å². The molecule has 1 atom stereocenters. The lowest BCUT2D eigenvalue weighted by molar-refractivity contribution is 0.0821. The Kier molecular flexibility index (Phi) is 8.51. The van der Waals surface area contributed by atoms with Crippen molar-refractivity contribution in [3.63, 3.8) is 0 Å². The van der Waals surface area contributed by atoms with E-state index in [0.29, 0.717) is 67.8 Å². The molecule has 5 aromatic rings. The van der Waals surface area contributed by atoms with Gasteiger partial charge >= 0.3 is 6.01 Å². The predicted octanol–water partition coefficient (Wildman–Crippen LogP) is 6.68. The summed E-state index contributed by atoms with van der Waals surface area (Å²) < 4.78 is 54.0. The first-order valence-electron chi connectivity index (χ1n) is 16.8. The fourth-order valence-electron chi connectivity index (χ4n) is 7.85. The van der Waals surface area contributed by atoms with Crippen molar-refractivity contribution < 1.29 is 22.7 Å². The molecule has 52 heavy (non-hydrogen) atoms. The molecular formula is C36H33ClF3N9O2S. The zero-order valence-electron chi connectivity index (χ0n) is 28.3. The fourth-order valence-corrected chi connectivity index (χ4v) is 9.09. The Morgan fingerprint density at radius 2 is 2.02 bits per heavy atom. The number of nitrogens with two attached hydrogens (primary N) is 1. The summed E-state index contributed by atoms with van der Waals surface area (Å²) in [5, 5.41) is 15.0. The third kappa shape index (κ3) is 5.51. The third-order valence-electron chi connectivity index (χ3n) is 10.3. The number of ether oxygens (including phenoxy) is 1. The van der Waals surface area contributed by atoms with Crippen LogP contribution in [0.1, 0.15) is 47.4 Å². The van der Waals surface area contributed by atoms with E-state index < -0.39 is 17.2 Å². The van der Waals surface area contributed by atoms with Gasteiger partial charge < -0.3 is 20.3 Å². The number of thiophene rings is 1. The molecule has 16 heteroatoms. The number of amides is 1. The lowest BCUT2D eigenvalue weighted by Crippen LogP contribution is -2.43. The number of nitrogens with zero attached hydrogens (tertiary/aromatic N) is 8. The molecule has 0 saturated carbocycles. The van der Waals surface area contributed by atoms with E-state index in [1.807, 2.05) is 11.0 Å². The highest BCUT2D eigenvalue weighted by Crippen LogP contribution is 2.46. The Bertz CT molecular complexity index is 2370. The number of hydrogen-bond donors (Lipinski definition) is 1. The summed E-state index contributed by atoms with van der Waals surface area (Å²) in [6, 6.07) is 7.85. The molecule has 2 aromatic carbocycles. The Hall–Kier alpha value is -4.91. The van der Waals surface area contributed by atoms with Crippen LogP contribution in [-0.4, -0.2) is 81.3 Å². The van der Waals surface area contributed by atoms with E-state index >= 15 is 4.39 Å². The summed E-state index contributed by atoms with van der Waals surface area (Å²) >= 11 is 7.81. The van der Waals surface area contributed by atoms with E-state index in [0.717, 1.165) is 36.4 Å². The Morgan fingerprint density at radius 3 is 2.79 bits per heavy atom. The standard InChI is InChI=1S/C36H33ClF3N9O2S/c1-46(2)34(50)26-11-20-17-47(8-4-10-49(20)45-26)33-22-12-24(37)28(21-5-6-25(39)31-27(21)23(15-41)32(42)52-31)29(40)30(22)43-35(44-33)51-18-36-7-3-9-48(36)16-19(13-36)14-38/h5-6,11-12,14H,3-4,7-10,13,16-18,42H2,1-2H3/b19-14-. The monoisotopic (exact) mass is 747 g/mol. The second-order valence-corrected chi connectivity index (χ2v) is 15.2. The smallest absolute Gasteiger partial charge is 0.319 e. The Morgan fingerprint density at radius 1 is 1.19 bits per heavy atom. The number of benzene rings is 2. The van der Waals surface area contributed by atoms with Gasteiger partial charge in [-0.15, -0.1) is 11.3 Å². The van der Waals surface area contributed by atoms with Crippen molar-refractivity contribution in [1.29, 1.82) is 5.26 Å². The average Bonchev–Trinajstić information content (AvgIpc) is 3.86. The van der Waals surface area contributed by atoms with Crippen LogP contribution in [0.3, 0.4) is 0 Å². The maximum Gasteiger partial charge on any atom is 0.319 e. The minimum atomic E-state index is -0.805. The van der Waals surface area contributed by atoms with Crippen molar-refractivity contribution in [2.75, 3.05) is 51.0 Å². The summed E-state index contributed by atoms with van der Waals surface area (Å²) in [6.07, 6.45) is 3.55. The molecule has 0 spiro atoms. The molecule has 2 saturated heterocycles. The highest BCUT2D eigenvalue weighted by molar-refractivity contribution is 7.23. The summed E-state index contributed by atoms with van der Waals surface area (Å²) in [5.41, 5.74) is 7.50. The number of hydrogen-bond acceptors (Lipinski definition) is 10. The van der Waals surface area contributed by atoms with Crippen LogP contribution in [0.15, 0.2) is 36.2 Å². The van der Waals surface area contributed by atoms with Crippen LogP contribution in [0.25, 0.3) is 32.1 Å². The van der Waals surface area contributed by atoms with Crippen molar-refractivity contribution in [2.24, 2.45) is 0 Å². The van der Waals surface area contributed by atoms with Gasteiger partial charge in [-0.2, -0.15) is 20.3 Å². The third-order valence-corrected chi connectivity index (χ3v) is 11.6. The van der Waals surface area contributed by atoms with Crippen LogP contribution in [-0.2, 0) is 13.1 Å². The van der Waals surface area contributed by atoms with E-state index in [2.05, 4.69) is 15.0 Å². The zero-order chi connectivity index (χ0) is 36.5. The molecule has 268 valence electrons. The van der Waals surface area contributed by atoms with Crippen molar-refractivity contribution in [2.45, 2.75) is 44.3 Å². The summed E-state index contributed by atoms with van der Waals surface area (Å²) in [6.45, 7) is 2.84. The maximum absolute atomic E-state index is 17.2. The maximum atomic E-state index is 17.2. The van der Waals surface area contributed by atoms with E-state index in [-0.39, 0.29) is 60.8 Å². The molecule has 1 amide bonds. The molecule has 0 radical (unpaired) electrons. The summed E-state index contributed by atoms with van der Waals surface area (Å²) in [5.74, 6) is -1.26. The van der Waals surface area contributed by atoms with Gasteiger partial charge in [0.15, 0.2) is 11.5 Å². The van der Waals surface area contributed by atoms with E-state index in [1.54, 1.807) is 30.9 Å². The van der Waals surface area contributed by atoms with Crippen LogP contribution < -0.4 is 15.4 Å². The van der Waals surface area contributed by atoms with E-state index in [9.17, 15) is 18.8 Å². The number of aryl methyl sites for hydroxylation is 1. The summed E-state index contributed by atoms with van der Waals surface area (Å²) in [7, 11) is 3.33. The molecule has 3 aliphatic rings. The molecule has 3 aliphatic heterocycles. The van der Waals surface area contributed by atoms with Crippen molar-refractivity contribution in [3.8, 4) is 23.2 Å². The van der Waals surface area contributed by atoms with Gasteiger partial charge in [-0.1, -0.05) is 17.7 Å². The topological polar surface area (TPSA) is 129 Å². The van der Waals surface area contributed by atoms with E-state index in [4.69, 9.17) is 27.1 Å². The minimum absolute atomic E-state index is 0.000739. The van der Waals surface area contributed by atoms with Crippen LogP contribution in [0.2, 0.25) is 5.02 Å². The number of carbonyl (C=O) groups is 1. The first-order chi connectivity index (χ1) is 25.0. The molecule has 2 N–H and O–H groups in total. The number of halogens is 4. The molecule has 0 bridgehead atoms. The number of rotatable bonds is 6. The van der Waals surface area contributed by atoms with Gasteiger partial charge in [-0.3, -0.25) is 14.4 Å². The second-order valence-electron chi connectivity index (χ2n) is 13.7. The highest BCUT2D eigenvalue weighted by atomic mass is 35.5. The fraction of sp³-hybridized carbons (Fsp3) is 0.361. The lowest BCUT2D eigenvalue weighted by Gasteiger charge is -2.31. The quantitative estimate of drug-likeness (QED) is 0.202. The SMILES string of the molecule is CN(C)C(=O)c1cc2n(n1)CCCN(c1nc(OCC34CCCN3C/C(=C\F)C4)nc3c(F)c(-c4ccc(F)c5sc(N)c(C#N)c45)c(Cl)cc13)C2. The summed E-state index contributed by atoms with van der Waals surface area (Å²) in [4.78, 5) is 27.8. The van der Waals surface area contributed by atoms with Gasteiger partial charge in [0.05, 0.1) is 39.4 Å². The average molecular weight is 748 g/mol. The molecule has 11 nitrogen and oxygen atoms in total. The van der Waals surface area contributed by atoms with Gasteiger partial charge in [0.25, 0.3) is 5.91 Å². The van der Waals surface area contributed by atoms with Gasteiger partial charge in [-0.25, -0.2) is 13.2 Å². The number of carbonyl (C=O) groups excluding carboxylic acids is 1. The number of aromatic nitrogens is 4. The van der Waals surface area contributed by atoms with Crippen LogP contribution in [0.5, 0.6) is 6.01 Å². The van der Waals surface area contributed by atoms with Crippen LogP contribution in [0, 0.1) is 23.0 Å². The predicted molar refractivity (Wildman–Crippen MR) is 193 cm³/mol. The largest absolute Gasteiger partial charge is 0.461 e. The molecule has 0 aliphatic carbocycles. The first kappa shape index (κ1) is 34.2. The molecule has 8 rings (SSSR count). The van der Waals surface area contributed by atoms with E-state index in [1.165, 1.54) is 17.0 Å². The minimum Gasteiger partial charge on any atom is -0.461 e. The molecule has 1 unspecified atom stereocenters. The van der Waals surface area contributed by atoms with Gasteiger partial charge in [-0.05, 0) is 61.6 Å². The van der Waals surface area contributed by atoms with Crippen molar-refractivity contribution >= 4 is 60.7 Å². The van der Waals surface area contributed by atoms with Crippen molar-refractivity contribution in [3.05, 3.63) is 69.8 Å². The van der Waals surface area contributed by atoms with Gasteiger partial charge in [0.1, 0.15) is 34.8 Å². The molecular weight excluding hydrogens is 715 g/mol. The number of nitriles is 1. The number of nitrogen functional groups attached to an aromatic ring is 1. The highest BCUT2D eigenvalue weighted by Gasteiger charge is 2.47. The molecule has 3 aromatic heterocycles. The van der Waals surface area contributed by atoms with Gasteiger partial charge in [0.2, 0.25) is 0 Å². The number of anilines is 2. The van der Waals surface area contributed by atoms with Crippen molar-refractivity contribution in [1.82, 2.24) is 29.5 Å². The normalized spacial score (nSPS) is 19.6. The number of fused-ring (bicyclic) bond motifs is 4. The van der Waals surface area contributed by atoms with Crippen LogP contribution >= 0.6 is 22.9 Å². The first-order valence-corrected chi connectivity index (χ1v) is 18.0. The second kappa shape index (κ2) is 12.9. The molecule has 6 heterocycles. The van der Waals surface area contributed by atoms with Gasteiger partial charge in [0, 0.05) is 50.1 Å². The zero-order valence-corrected chi connectivity index (χ0v) is 29.9. The molecule has 2 fully saturated rings. The Balaban J connectivity index is 1.28. The lowest BCUT2D eigenvalue weighted by atomic mass is 9.94.